The van der Waals surface area contributed by atoms with Gasteiger partial charge < -0.3 is 5.32 Å². The fraction of sp³-hybridized carbons (Fsp3) is 0.158. The van der Waals surface area contributed by atoms with Crippen LogP contribution in [-0.2, 0) is 10.0 Å². The van der Waals surface area contributed by atoms with Crippen LogP contribution in [0.3, 0.4) is 0 Å². The summed E-state index contributed by atoms with van der Waals surface area (Å²) in [5.74, 6) is -0.333. The summed E-state index contributed by atoms with van der Waals surface area (Å²) in [6.45, 7) is 5.51. The Balaban J connectivity index is 1.81. The van der Waals surface area contributed by atoms with E-state index in [0.29, 0.717) is 21.3 Å². The van der Waals surface area contributed by atoms with E-state index < -0.39 is 10.0 Å². The summed E-state index contributed by atoms with van der Waals surface area (Å²) in [7, 11) is -3.82. The zero-order valence-electron chi connectivity index (χ0n) is 15.4. The van der Waals surface area contributed by atoms with Gasteiger partial charge in [0.05, 0.1) is 10.6 Å². The number of anilines is 2. The minimum atomic E-state index is -3.82. The van der Waals surface area contributed by atoms with Crippen molar-refractivity contribution in [1.29, 1.82) is 0 Å². The van der Waals surface area contributed by atoms with Crippen LogP contribution in [0.1, 0.15) is 26.5 Å². The van der Waals surface area contributed by atoms with Gasteiger partial charge in [0.15, 0.2) is 5.13 Å². The molecule has 0 aliphatic heterocycles. The molecule has 0 radical (unpaired) electrons. The van der Waals surface area contributed by atoms with Gasteiger partial charge in [0, 0.05) is 10.7 Å². The van der Waals surface area contributed by atoms with Gasteiger partial charge in [0.25, 0.3) is 15.9 Å². The van der Waals surface area contributed by atoms with Gasteiger partial charge in [0.2, 0.25) is 0 Å². The molecule has 1 aromatic heterocycles. The van der Waals surface area contributed by atoms with Gasteiger partial charge in [-0.15, -0.1) is 0 Å². The quantitative estimate of drug-likeness (QED) is 0.603. The van der Waals surface area contributed by atoms with Crippen molar-refractivity contribution < 1.29 is 13.2 Å². The number of sulfonamides is 1. The van der Waals surface area contributed by atoms with Crippen LogP contribution in [0.4, 0.5) is 10.8 Å². The molecule has 0 unspecified atom stereocenters. The standard InChI is InChI=1S/C19H18ClN3O3S2/c1-11-4-5-12(2)16(10-11)22-18(24)17-13(3)21-19(27-17)23-28(25,26)15-8-6-14(20)7-9-15/h4-10H,1-3H3,(H,21,23)(H,22,24). The largest absolute Gasteiger partial charge is 0.321 e. The lowest BCUT2D eigenvalue weighted by Gasteiger charge is -2.08. The first kappa shape index (κ1) is 20.3. The number of nitrogens with zero attached hydrogens (tertiary/aromatic N) is 1. The van der Waals surface area contributed by atoms with Crippen molar-refractivity contribution in [1.82, 2.24) is 4.98 Å². The topological polar surface area (TPSA) is 88.2 Å². The Morgan fingerprint density at radius 1 is 1.07 bits per heavy atom. The lowest BCUT2D eigenvalue weighted by molar-refractivity contribution is 0.102. The number of nitrogens with one attached hydrogen (secondary N) is 2. The highest BCUT2D eigenvalue weighted by Crippen LogP contribution is 2.27. The molecule has 146 valence electrons. The Hall–Kier alpha value is -2.42. The van der Waals surface area contributed by atoms with E-state index in [1.807, 2.05) is 32.0 Å². The summed E-state index contributed by atoms with van der Waals surface area (Å²) < 4.78 is 27.4. The molecule has 0 fully saturated rings. The SMILES string of the molecule is Cc1ccc(C)c(NC(=O)c2sc(NS(=O)(=O)c3ccc(Cl)cc3)nc2C)c1. The highest BCUT2D eigenvalue weighted by molar-refractivity contribution is 7.93. The lowest BCUT2D eigenvalue weighted by atomic mass is 10.1. The normalized spacial score (nSPS) is 11.3. The first-order valence-corrected chi connectivity index (χ1v) is 11.0. The first-order valence-electron chi connectivity index (χ1n) is 8.30. The second-order valence-electron chi connectivity index (χ2n) is 6.27. The third kappa shape index (κ3) is 4.52. The maximum Gasteiger partial charge on any atom is 0.267 e. The van der Waals surface area contributed by atoms with Crippen molar-refractivity contribution in [3.8, 4) is 0 Å². The number of carbonyl (C=O) groups is 1. The molecule has 28 heavy (non-hydrogen) atoms. The molecular weight excluding hydrogens is 418 g/mol. The number of hydrogen-bond donors (Lipinski definition) is 2. The minimum absolute atomic E-state index is 0.0612. The van der Waals surface area contributed by atoms with Gasteiger partial charge >= 0.3 is 0 Å². The van der Waals surface area contributed by atoms with Crippen molar-refractivity contribution >= 4 is 49.7 Å². The molecular formula is C19H18ClN3O3S2. The average molecular weight is 436 g/mol. The first-order chi connectivity index (χ1) is 13.2. The fourth-order valence-corrected chi connectivity index (χ4v) is 4.71. The average Bonchev–Trinajstić information content (AvgIpc) is 2.98. The van der Waals surface area contributed by atoms with E-state index in [4.69, 9.17) is 11.6 Å². The number of aryl methyl sites for hydroxylation is 3. The second-order valence-corrected chi connectivity index (χ2v) is 9.38. The van der Waals surface area contributed by atoms with E-state index in [9.17, 15) is 13.2 Å². The van der Waals surface area contributed by atoms with Crippen molar-refractivity contribution in [2.24, 2.45) is 0 Å². The minimum Gasteiger partial charge on any atom is -0.321 e. The zero-order chi connectivity index (χ0) is 20.5. The van der Waals surface area contributed by atoms with E-state index in [-0.39, 0.29) is 15.9 Å². The van der Waals surface area contributed by atoms with Crippen LogP contribution in [0.15, 0.2) is 47.4 Å². The maximum atomic E-state index is 12.7. The monoisotopic (exact) mass is 435 g/mol. The van der Waals surface area contributed by atoms with Crippen LogP contribution < -0.4 is 10.0 Å². The van der Waals surface area contributed by atoms with E-state index in [0.717, 1.165) is 22.5 Å². The summed E-state index contributed by atoms with van der Waals surface area (Å²) in [5.41, 5.74) is 3.12. The van der Waals surface area contributed by atoms with Crippen LogP contribution in [0.25, 0.3) is 0 Å². The second kappa shape index (κ2) is 7.90. The Labute approximate surface area is 172 Å². The number of aromatic nitrogens is 1. The van der Waals surface area contributed by atoms with Crippen molar-refractivity contribution in [3.05, 3.63) is 69.2 Å². The molecule has 3 rings (SSSR count). The molecule has 0 aliphatic carbocycles. The number of carbonyl (C=O) groups excluding carboxylic acids is 1. The van der Waals surface area contributed by atoms with E-state index in [1.165, 1.54) is 24.3 Å². The number of halogens is 1. The van der Waals surface area contributed by atoms with Crippen molar-refractivity contribution in [2.75, 3.05) is 10.0 Å². The third-order valence-corrected chi connectivity index (χ3v) is 6.80. The highest BCUT2D eigenvalue weighted by Gasteiger charge is 2.20. The molecule has 2 N–H and O–H groups in total. The van der Waals surface area contributed by atoms with Gasteiger partial charge in [-0.3, -0.25) is 9.52 Å². The summed E-state index contributed by atoms with van der Waals surface area (Å²) in [6, 6.07) is 11.6. The molecule has 0 bridgehead atoms. The predicted octanol–water partition coefficient (Wildman–Crippen LogP) is 4.77. The van der Waals surface area contributed by atoms with Gasteiger partial charge in [-0.1, -0.05) is 35.1 Å². The number of rotatable bonds is 5. The molecule has 6 nitrogen and oxygen atoms in total. The zero-order valence-corrected chi connectivity index (χ0v) is 17.8. The highest BCUT2D eigenvalue weighted by atomic mass is 35.5. The van der Waals surface area contributed by atoms with Crippen LogP contribution in [-0.4, -0.2) is 19.3 Å². The van der Waals surface area contributed by atoms with Crippen LogP contribution in [0.5, 0.6) is 0 Å². The van der Waals surface area contributed by atoms with E-state index in [1.54, 1.807) is 6.92 Å². The van der Waals surface area contributed by atoms with Crippen LogP contribution in [0.2, 0.25) is 5.02 Å². The Bertz CT molecular complexity index is 1140. The smallest absolute Gasteiger partial charge is 0.267 e. The Kier molecular flexibility index (Phi) is 5.74. The van der Waals surface area contributed by atoms with Gasteiger partial charge in [-0.25, -0.2) is 13.4 Å². The number of amides is 1. The molecule has 1 amide bonds. The number of thiazole rings is 1. The molecule has 0 atom stereocenters. The van der Waals surface area contributed by atoms with E-state index in [2.05, 4.69) is 15.0 Å². The molecule has 0 spiro atoms. The number of benzene rings is 2. The van der Waals surface area contributed by atoms with Gasteiger partial charge in [-0.05, 0) is 62.2 Å². The molecule has 3 aromatic rings. The van der Waals surface area contributed by atoms with E-state index >= 15 is 0 Å². The molecule has 9 heteroatoms. The predicted molar refractivity (Wildman–Crippen MR) is 113 cm³/mol. The third-order valence-electron chi connectivity index (χ3n) is 3.99. The molecule has 2 aromatic carbocycles. The molecule has 0 aliphatic rings. The summed E-state index contributed by atoms with van der Waals surface area (Å²) >= 11 is 6.78. The Morgan fingerprint density at radius 2 is 1.75 bits per heavy atom. The van der Waals surface area contributed by atoms with Gasteiger partial charge in [0.1, 0.15) is 4.88 Å². The van der Waals surface area contributed by atoms with Crippen LogP contribution >= 0.6 is 22.9 Å². The van der Waals surface area contributed by atoms with Crippen molar-refractivity contribution in [2.45, 2.75) is 25.7 Å². The van der Waals surface area contributed by atoms with Crippen molar-refractivity contribution in [3.63, 3.8) is 0 Å². The number of hydrogen-bond acceptors (Lipinski definition) is 5. The summed E-state index contributed by atoms with van der Waals surface area (Å²) in [6.07, 6.45) is 0. The summed E-state index contributed by atoms with van der Waals surface area (Å²) in [4.78, 5) is 17.2. The lowest BCUT2D eigenvalue weighted by Crippen LogP contribution is -2.12. The summed E-state index contributed by atoms with van der Waals surface area (Å²) in [5, 5.41) is 3.42. The van der Waals surface area contributed by atoms with Crippen LogP contribution in [0, 0.1) is 20.8 Å². The molecule has 0 saturated carbocycles. The molecule has 0 saturated heterocycles. The fourth-order valence-electron chi connectivity index (χ4n) is 2.49. The molecule has 1 heterocycles. The maximum absolute atomic E-state index is 12.7. The van der Waals surface area contributed by atoms with Gasteiger partial charge in [-0.2, -0.15) is 0 Å². The Morgan fingerprint density at radius 3 is 2.43 bits per heavy atom.